The molecule has 0 bridgehead atoms. The smallest absolute Gasteiger partial charge is 0.123 e. The fourth-order valence-corrected chi connectivity index (χ4v) is 1.55. The van der Waals surface area contributed by atoms with Gasteiger partial charge in [0, 0.05) is 5.69 Å². The Morgan fingerprint density at radius 3 is 2.50 bits per heavy atom. The predicted molar refractivity (Wildman–Crippen MR) is 59.1 cm³/mol. The molecule has 0 aliphatic heterocycles. The molecule has 3 N–H and O–H groups in total. The van der Waals surface area contributed by atoms with Crippen molar-refractivity contribution in [1.82, 2.24) is 9.97 Å². The van der Waals surface area contributed by atoms with E-state index in [9.17, 15) is 0 Å². The normalized spacial score (nSPS) is 15.5. The molecular weight excluding hydrogens is 174 g/mol. The maximum Gasteiger partial charge on any atom is 0.123 e. The van der Waals surface area contributed by atoms with E-state index in [0.29, 0.717) is 5.92 Å². The summed E-state index contributed by atoms with van der Waals surface area (Å²) < 4.78 is 0. The summed E-state index contributed by atoms with van der Waals surface area (Å²) in [6, 6.07) is 0.0407. The van der Waals surface area contributed by atoms with E-state index in [1.807, 2.05) is 0 Å². The van der Waals surface area contributed by atoms with Crippen molar-refractivity contribution in [3.63, 3.8) is 0 Å². The third-order valence-corrected chi connectivity index (χ3v) is 2.91. The van der Waals surface area contributed by atoms with Gasteiger partial charge >= 0.3 is 0 Å². The Hall–Kier alpha value is -0.830. The number of rotatable bonds is 4. The third kappa shape index (κ3) is 2.15. The van der Waals surface area contributed by atoms with Gasteiger partial charge in [0.25, 0.3) is 0 Å². The molecule has 2 unspecified atom stereocenters. The van der Waals surface area contributed by atoms with Crippen molar-refractivity contribution in [2.45, 2.75) is 46.6 Å². The Kier molecular flexibility index (Phi) is 3.69. The molecule has 80 valence electrons. The van der Waals surface area contributed by atoms with Crippen LogP contribution in [-0.2, 0) is 6.42 Å². The predicted octanol–water partition coefficient (Wildman–Crippen LogP) is 2.33. The van der Waals surface area contributed by atoms with E-state index < -0.39 is 0 Å². The minimum Gasteiger partial charge on any atom is -0.345 e. The number of hydrogen-bond donors (Lipinski definition) is 2. The second-order valence-electron chi connectivity index (χ2n) is 3.96. The van der Waals surface area contributed by atoms with Crippen LogP contribution < -0.4 is 5.73 Å². The number of imidazole rings is 1. The molecule has 1 rings (SSSR count). The number of aromatic amines is 1. The van der Waals surface area contributed by atoms with Crippen LogP contribution in [0, 0.1) is 12.8 Å². The quantitative estimate of drug-likeness (QED) is 0.774. The average Bonchev–Trinajstić information content (AvgIpc) is 2.57. The van der Waals surface area contributed by atoms with Crippen LogP contribution in [0.1, 0.15) is 50.4 Å². The van der Waals surface area contributed by atoms with E-state index >= 15 is 0 Å². The SMILES string of the molecule is CCc1nc(C(N)C(C)CC)[nH]c1C. The van der Waals surface area contributed by atoms with Crippen LogP contribution >= 0.6 is 0 Å². The van der Waals surface area contributed by atoms with Gasteiger partial charge in [-0.25, -0.2) is 4.98 Å². The molecule has 3 nitrogen and oxygen atoms in total. The maximum absolute atomic E-state index is 6.09. The Morgan fingerprint density at radius 1 is 1.43 bits per heavy atom. The zero-order valence-electron chi connectivity index (χ0n) is 9.59. The summed E-state index contributed by atoms with van der Waals surface area (Å²) in [5.74, 6) is 1.42. The maximum atomic E-state index is 6.09. The summed E-state index contributed by atoms with van der Waals surface area (Å²) in [6.45, 7) is 8.48. The largest absolute Gasteiger partial charge is 0.345 e. The van der Waals surface area contributed by atoms with Crippen molar-refractivity contribution >= 4 is 0 Å². The summed E-state index contributed by atoms with van der Waals surface area (Å²) in [5.41, 5.74) is 8.38. The van der Waals surface area contributed by atoms with E-state index in [-0.39, 0.29) is 6.04 Å². The second-order valence-corrected chi connectivity index (χ2v) is 3.96. The van der Waals surface area contributed by atoms with Gasteiger partial charge in [-0.1, -0.05) is 27.2 Å². The highest BCUT2D eigenvalue weighted by atomic mass is 15.0. The van der Waals surface area contributed by atoms with Crippen LogP contribution in [-0.4, -0.2) is 9.97 Å². The molecule has 0 aliphatic carbocycles. The lowest BCUT2D eigenvalue weighted by Crippen LogP contribution is -2.19. The van der Waals surface area contributed by atoms with Crippen molar-refractivity contribution in [3.05, 3.63) is 17.2 Å². The molecule has 2 atom stereocenters. The zero-order chi connectivity index (χ0) is 10.7. The Balaban J connectivity index is 2.85. The molecular formula is C11H21N3. The highest BCUT2D eigenvalue weighted by molar-refractivity contribution is 5.14. The van der Waals surface area contributed by atoms with Crippen LogP contribution in [0.4, 0.5) is 0 Å². The molecule has 0 aromatic carbocycles. The fraction of sp³-hybridized carbons (Fsp3) is 0.727. The fourth-order valence-electron chi connectivity index (χ4n) is 1.55. The highest BCUT2D eigenvalue weighted by Crippen LogP contribution is 2.20. The number of aryl methyl sites for hydroxylation is 2. The van der Waals surface area contributed by atoms with Crippen molar-refractivity contribution < 1.29 is 0 Å². The van der Waals surface area contributed by atoms with Gasteiger partial charge in [0.2, 0.25) is 0 Å². The summed E-state index contributed by atoms with van der Waals surface area (Å²) >= 11 is 0. The first-order valence-corrected chi connectivity index (χ1v) is 5.41. The van der Waals surface area contributed by atoms with Crippen molar-refractivity contribution in [3.8, 4) is 0 Å². The molecule has 0 amide bonds. The summed E-state index contributed by atoms with van der Waals surface area (Å²) in [7, 11) is 0. The van der Waals surface area contributed by atoms with Crippen LogP contribution in [0.5, 0.6) is 0 Å². The lowest BCUT2D eigenvalue weighted by molar-refractivity contribution is 0.441. The molecule has 0 fully saturated rings. The van der Waals surface area contributed by atoms with Gasteiger partial charge in [-0.3, -0.25) is 0 Å². The minimum atomic E-state index is 0.0407. The van der Waals surface area contributed by atoms with Crippen molar-refractivity contribution in [2.75, 3.05) is 0 Å². The van der Waals surface area contributed by atoms with Gasteiger partial charge in [0.05, 0.1) is 11.7 Å². The lowest BCUT2D eigenvalue weighted by Gasteiger charge is -2.15. The number of nitrogens with zero attached hydrogens (tertiary/aromatic N) is 1. The number of nitrogens with one attached hydrogen (secondary N) is 1. The molecule has 0 saturated heterocycles. The highest BCUT2D eigenvalue weighted by Gasteiger charge is 2.17. The van der Waals surface area contributed by atoms with Crippen LogP contribution in [0.3, 0.4) is 0 Å². The Labute approximate surface area is 86.1 Å². The van der Waals surface area contributed by atoms with E-state index in [1.54, 1.807) is 0 Å². The first kappa shape index (κ1) is 11.2. The Bertz CT molecular complexity index is 291. The Morgan fingerprint density at radius 2 is 2.07 bits per heavy atom. The summed E-state index contributed by atoms with van der Waals surface area (Å²) in [4.78, 5) is 7.79. The number of nitrogens with two attached hydrogens (primary N) is 1. The summed E-state index contributed by atoms with van der Waals surface area (Å²) in [6.07, 6.45) is 2.05. The van der Waals surface area contributed by atoms with E-state index in [0.717, 1.165) is 30.1 Å². The van der Waals surface area contributed by atoms with Crippen LogP contribution in [0.25, 0.3) is 0 Å². The number of aromatic nitrogens is 2. The van der Waals surface area contributed by atoms with Crippen molar-refractivity contribution in [2.24, 2.45) is 11.7 Å². The lowest BCUT2D eigenvalue weighted by atomic mass is 10.00. The van der Waals surface area contributed by atoms with Crippen molar-refractivity contribution in [1.29, 1.82) is 0 Å². The molecule has 0 spiro atoms. The van der Waals surface area contributed by atoms with Gasteiger partial charge in [-0.2, -0.15) is 0 Å². The number of H-pyrrole nitrogens is 1. The minimum absolute atomic E-state index is 0.0407. The number of hydrogen-bond acceptors (Lipinski definition) is 2. The van der Waals surface area contributed by atoms with Gasteiger partial charge in [0.1, 0.15) is 5.82 Å². The van der Waals surface area contributed by atoms with Gasteiger partial charge < -0.3 is 10.7 Å². The second kappa shape index (κ2) is 4.60. The first-order chi connectivity index (χ1) is 6.60. The topological polar surface area (TPSA) is 54.7 Å². The van der Waals surface area contributed by atoms with Gasteiger partial charge in [-0.05, 0) is 19.3 Å². The average molecular weight is 195 g/mol. The molecule has 1 heterocycles. The monoisotopic (exact) mass is 195 g/mol. The first-order valence-electron chi connectivity index (χ1n) is 5.41. The summed E-state index contributed by atoms with van der Waals surface area (Å²) in [5, 5.41) is 0. The molecule has 1 aromatic rings. The van der Waals surface area contributed by atoms with E-state index in [2.05, 4.69) is 37.7 Å². The van der Waals surface area contributed by atoms with Crippen LogP contribution in [0.2, 0.25) is 0 Å². The molecule has 3 heteroatoms. The van der Waals surface area contributed by atoms with E-state index in [1.165, 1.54) is 0 Å². The molecule has 0 saturated carbocycles. The molecule has 0 radical (unpaired) electrons. The standard InChI is InChI=1S/C11H21N3/c1-5-7(3)10(12)11-13-8(4)9(6-2)14-11/h7,10H,5-6,12H2,1-4H3,(H,13,14). The van der Waals surface area contributed by atoms with Gasteiger partial charge in [0.15, 0.2) is 0 Å². The zero-order valence-corrected chi connectivity index (χ0v) is 9.59. The molecule has 1 aromatic heterocycles. The third-order valence-electron chi connectivity index (χ3n) is 2.91. The van der Waals surface area contributed by atoms with E-state index in [4.69, 9.17) is 5.73 Å². The van der Waals surface area contributed by atoms with Gasteiger partial charge in [-0.15, -0.1) is 0 Å². The molecule has 0 aliphatic rings. The van der Waals surface area contributed by atoms with Crippen LogP contribution in [0.15, 0.2) is 0 Å². The molecule has 14 heavy (non-hydrogen) atoms.